The fourth-order valence-electron chi connectivity index (χ4n) is 16.5. The number of hydrogen-bond donors (Lipinski definition) is 13. The fraction of sp³-hybridized carbons (Fsp3) is 0.556. The topological polar surface area (TPSA) is 556 Å². The summed E-state index contributed by atoms with van der Waals surface area (Å²) in [5.74, 6) is 0.506. The summed E-state index contributed by atoms with van der Waals surface area (Å²) in [5, 5.41) is 42.9. The van der Waals surface area contributed by atoms with Gasteiger partial charge in [0.25, 0.3) is 41.4 Å². The number of carbonyl (C=O) groups is 17. The zero-order valence-electron chi connectivity index (χ0n) is 88.3. The van der Waals surface area contributed by atoms with Gasteiger partial charge in [0.15, 0.2) is 0 Å². The highest BCUT2D eigenvalue weighted by molar-refractivity contribution is 6.25. The zero-order chi connectivity index (χ0) is 109. The summed E-state index contributed by atoms with van der Waals surface area (Å²) in [6.07, 6.45) is 16.8. The molecule has 5 aromatic rings. The van der Waals surface area contributed by atoms with Gasteiger partial charge in [-0.3, -0.25) is 92.1 Å². The standard InChI is InChI=1S/C24H33N3O5.C24H35N3O4.C20H29N3O6.C15H21N3O4.C13H18N2O3.C9H16O.C3H6O2/c1-17(2)19-8-12-24(13-9-19)26(21(28)16-27(24)31)15-11-18-4-6-20(7-5-18)23(30)25-14-10-22(29)32-3;1-17(2)19-8-12-24(13-9-19)26-16-21(28)27(24)15-11-18-4-6-20(7-5-18)23(30)25-14-10-22(29)31-3;1-20(2,3)29-19(27)23-13-16(24)21-11-9-14-5-7-15(8-6-14)18(26)22-12-10-17(25)28-4;1-22-14(20)7-9-18-15(21)12-4-2-11(3-5-12)6-8-17-13(19)10-16;1-18-12(16)7-9-15-13(17)11-4-2-10(3-5-11)6-8-14;1-7(2)8-3-5-9(10)6-4-8;1-2-3(4)5/h4-7,16-17,19H,8-15H2,1-3H3,(H-,25,28,30,31);4-7,17,19,26H,8-16H2,1-3H3,(H,25,30);5-8H,9-13H2,1-4H3,(H,21,24)(H,22,26)(H,23,27);2-5H,6-10,16H2,1H3,(H,17,19)(H,18,21);2-5H,6-9,14H2,1H3,(H,15,17);7-8H,3-6H2,1-2H3;2H2,1H3,(H,4,5)/p+1. The number of methoxy groups -OCH3 is 5. The van der Waals surface area contributed by atoms with Crippen LogP contribution in [0.2, 0.25) is 0 Å². The van der Waals surface area contributed by atoms with Crippen molar-refractivity contribution in [1.82, 2.24) is 57.7 Å². The van der Waals surface area contributed by atoms with Gasteiger partial charge in [-0.1, -0.05) is 109 Å². The molecule has 10 amide bonds. The molecule has 0 unspecified atom stereocenters. The number of aliphatic carboxylic acids is 1. The van der Waals surface area contributed by atoms with Crippen LogP contribution < -0.4 is 59.3 Å². The molecule has 3 saturated carbocycles. The van der Waals surface area contributed by atoms with E-state index in [1.165, 1.54) is 41.8 Å². The van der Waals surface area contributed by atoms with Crippen molar-refractivity contribution < 1.29 is 125 Å². The van der Waals surface area contributed by atoms with Gasteiger partial charge in [0.2, 0.25) is 17.7 Å². The lowest BCUT2D eigenvalue weighted by atomic mass is 9.76. The van der Waals surface area contributed by atoms with Crippen LogP contribution in [0, 0.1) is 35.5 Å². The van der Waals surface area contributed by atoms with Crippen LogP contribution in [0.25, 0.3) is 0 Å². The van der Waals surface area contributed by atoms with Crippen molar-refractivity contribution in [2.24, 2.45) is 47.0 Å². The molecule has 2 spiro atoms. The van der Waals surface area contributed by atoms with Gasteiger partial charge in [0.05, 0.1) is 93.0 Å². The molecule has 2 aliphatic heterocycles. The van der Waals surface area contributed by atoms with Crippen molar-refractivity contribution in [3.05, 3.63) is 177 Å². The lowest BCUT2D eigenvalue weighted by Gasteiger charge is -2.44. The number of nitrogens with one attached hydrogen (secondary N) is 9. The Morgan fingerprint density at radius 2 is 0.721 bits per heavy atom. The fourth-order valence-corrected chi connectivity index (χ4v) is 16.5. The van der Waals surface area contributed by atoms with Crippen molar-refractivity contribution in [3.8, 4) is 0 Å². The van der Waals surface area contributed by atoms with Crippen LogP contribution in [-0.2, 0) is 113 Å². The molecule has 10 rings (SSSR count). The predicted octanol–water partition coefficient (Wildman–Crippen LogP) is 9.00. The molecule has 810 valence electrons. The average Bonchev–Trinajstić information content (AvgIpc) is 1.64. The van der Waals surface area contributed by atoms with Gasteiger partial charge in [-0.15, -0.1) is 0 Å². The number of hydrogen-bond acceptors (Lipinski definition) is 27. The smallest absolute Gasteiger partial charge is 0.408 e. The molecule has 2 heterocycles. The zero-order valence-corrected chi connectivity index (χ0v) is 88.3. The number of benzene rings is 5. The third-order valence-electron chi connectivity index (χ3n) is 25.6. The Labute approximate surface area is 863 Å². The highest BCUT2D eigenvalue weighted by Gasteiger charge is 2.58. The quantitative estimate of drug-likeness (QED) is 0.00751. The molecule has 0 atom stereocenters. The summed E-state index contributed by atoms with van der Waals surface area (Å²) in [7, 11) is 6.56. The van der Waals surface area contributed by atoms with Crippen LogP contribution >= 0.6 is 0 Å². The monoisotopic (exact) mass is 2050 g/mol. The molecule has 3 aliphatic carbocycles. The summed E-state index contributed by atoms with van der Waals surface area (Å²) >= 11 is 0. The summed E-state index contributed by atoms with van der Waals surface area (Å²) in [6.45, 7) is 24.4. The number of Topliss-reactive ketones (excluding diaryl/α,β-unsaturated/α-hetero) is 1. The molecular formula is C108H159N14O25+. The summed E-state index contributed by atoms with van der Waals surface area (Å²) in [4.78, 5) is 198. The number of ketones is 1. The van der Waals surface area contributed by atoms with Crippen molar-refractivity contribution >= 4 is 107 Å². The molecule has 0 aromatic heterocycles. The second-order valence-corrected chi connectivity index (χ2v) is 38.1. The Hall–Kier alpha value is -13.6. The van der Waals surface area contributed by atoms with E-state index in [9.17, 15) is 86.7 Å². The van der Waals surface area contributed by atoms with E-state index in [4.69, 9.17) is 21.3 Å². The molecule has 5 aromatic carbocycles. The van der Waals surface area contributed by atoms with E-state index in [1.807, 2.05) is 48.5 Å². The minimum atomic E-state index is -0.745. The Balaban J connectivity index is 0.000000373. The van der Waals surface area contributed by atoms with Gasteiger partial charge < -0.3 is 92.4 Å². The molecule has 0 radical (unpaired) electrons. The Morgan fingerprint density at radius 1 is 0.422 bits per heavy atom. The second-order valence-electron chi connectivity index (χ2n) is 38.1. The largest absolute Gasteiger partial charge is 0.481 e. The van der Waals surface area contributed by atoms with E-state index in [0.717, 1.165) is 140 Å². The third kappa shape index (κ3) is 47.7. The van der Waals surface area contributed by atoms with Crippen molar-refractivity contribution in [1.29, 1.82) is 0 Å². The van der Waals surface area contributed by atoms with Crippen LogP contribution in [0.5, 0.6) is 0 Å². The first-order valence-electron chi connectivity index (χ1n) is 50.5. The van der Waals surface area contributed by atoms with Gasteiger partial charge in [0.1, 0.15) is 11.4 Å². The first kappa shape index (κ1) is 126. The summed E-state index contributed by atoms with van der Waals surface area (Å²) in [5.41, 5.74) is 17.0. The lowest BCUT2D eigenvalue weighted by Crippen LogP contribution is -2.55. The molecule has 4 fully saturated rings. The van der Waals surface area contributed by atoms with E-state index in [2.05, 4.69) is 118 Å². The number of hydroxylamine groups is 1. The minimum Gasteiger partial charge on any atom is -0.481 e. The molecule has 147 heavy (non-hydrogen) atoms. The maximum Gasteiger partial charge on any atom is 0.408 e. The van der Waals surface area contributed by atoms with Gasteiger partial charge in [-0.05, 0) is 235 Å². The Bertz CT molecular complexity index is 5040. The van der Waals surface area contributed by atoms with E-state index >= 15 is 0 Å². The number of carboxylic acid groups (broad SMARTS) is 1. The number of carbonyl (C=O) groups excluding carboxylic acids is 16. The molecular weight excluding hydrogens is 1890 g/mol. The number of rotatable bonds is 41. The first-order valence-corrected chi connectivity index (χ1v) is 50.5. The average molecular weight is 2050 g/mol. The Kier molecular flexibility index (Phi) is 57.5. The molecule has 39 heteroatoms. The lowest BCUT2D eigenvalue weighted by molar-refractivity contribution is -0.834. The molecule has 39 nitrogen and oxygen atoms in total. The van der Waals surface area contributed by atoms with Gasteiger partial charge in [0, 0.05) is 124 Å². The number of esters is 5. The molecule has 5 aliphatic rings. The van der Waals surface area contributed by atoms with Gasteiger partial charge in [-0.25, -0.2) is 4.79 Å². The second kappa shape index (κ2) is 67.3. The van der Waals surface area contributed by atoms with Crippen molar-refractivity contribution in [3.63, 3.8) is 0 Å². The molecule has 0 bridgehead atoms. The van der Waals surface area contributed by atoms with Crippen LogP contribution in [0.1, 0.15) is 264 Å². The Morgan fingerprint density at radius 3 is 1.02 bits per heavy atom. The highest BCUT2D eigenvalue weighted by atomic mass is 16.6. The van der Waals surface area contributed by atoms with Gasteiger partial charge in [-0.2, -0.15) is 0 Å². The van der Waals surface area contributed by atoms with Crippen LogP contribution in [0.4, 0.5) is 4.79 Å². The summed E-state index contributed by atoms with van der Waals surface area (Å²) < 4.78 is 28.8. The number of carboxylic acids is 1. The third-order valence-corrected chi connectivity index (χ3v) is 25.6. The minimum absolute atomic E-state index is 0.0231. The van der Waals surface area contributed by atoms with Gasteiger partial charge >= 0.3 is 47.8 Å². The maximum atomic E-state index is 12.6. The maximum absolute atomic E-state index is 12.6. The SMILES string of the molecule is CC(C)C1CCC(=O)CC1.CCC(=O)O.COC(=O)CCNC(=O)c1ccc(CCN)cc1.COC(=O)CCNC(=O)c1ccc(CCN2C(=O)C=[N+](O)C23CCC(C(C)C)CC3)cc1.COC(=O)CCNC(=O)c1ccc(CCN2C(=O)CNC23CCC(C(C)C)CC3)cc1.COC(=O)CCNC(=O)c1ccc(CCNC(=O)CN)cc1.COC(=O)CCNC(=O)c1ccc(CCNC(=O)CNC(=O)OC(C)(C)C)cc1. The van der Waals surface area contributed by atoms with Crippen LogP contribution in [0.15, 0.2) is 121 Å². The molecule has 15 N–H and O–H groups in total. The summed E-state index contributed by atoms with van der Waals surface area (Å²) in [6, 6.07) is 35.9. The highest BCUT2D eigenvalue weighted by Crippen LogP contribution is 2.42. The normalized spacial score (nSPS) is 16.5. The van der Waals surface area contributed by atoms with Crippen molar-refractivity contribution in [2.45, 2.75) is 234 Å². The first-order chi connectivity index (χ1) is 69.9. The van der Waals surface area contributed by atoms with Crippen LogP contribution in [0.3, 0.4) is 0 Å². The number of nitrogens with two attached hydrogens (primary N) is 2. The van der Waals surface area contributed by atoms with E-state index in [1.54, 1.807) is 105 Å². The van der Waals surface area contributed by atoms with E-state index in [-0.39, 0.29) is 173 Å². The number of ether oxygens (including phenoxy) is 6. The van der Waals surface area contributed by atoms with Crippen molar-refractivity contribution in [2.75, 3.05) is 121 Å². The number of nitrogens with zero attached hydrogens (tertiary/aromatic N) is 3. The predicted molar refractivity (Wildman–Crippen MR) is 552 cm³/mol. The number of alkyl carbamates (subject to hydrolysis) is 1. The molecule has 1 saturated heterocycles. The number of amides is 10. The van der Waals surface area contributed by atoms with Crippen LogP contribution in [-0.4, -0.2) is 269 Å². The van der Waals surface area contributed by atoms with E-state index < -0.39 is 23.3 Å². The van der Waals surface area contributed by atoms with E-state index in [0.29, 0.717) is 110 Å².